The van der Waals surface area contributed by atoms with Crippen molar-refractivity contribution in [1.82, 2.24) is 9.78 Å². The third-order valence-corrected chi connectivity index (χ3v) is 4.58. The number of rotatable bonds is 1. The Kier molecular flexibility index (Phi) is 3.20. The summed E-state index contributed by atoms with van der Waals surface area (Å²) in [5.41, 5.74) is 8.24. The fraction of sp³-hybridized carbons (Fsp3) is 0.211. The Balaban J connectivity index is 1.93. The molecule has 1 aromatic heterocycles. The van der Waals surface area contributed by atoms with Gasteiger partial charge in [-0.2, -0.15) is 5.10 Å². The van der Waals surface area contributed by atoms with Crippen molar-refractivity contribution in [3.8, 4) is 11.3 Å². The molecule has 0 spiro atoms. The first-order valence-corrected chi connectivity index (χ1v) is 8.10. The second-order valence-electron chi connectivity index (χ2n) is 6.22. The molecular weight excluding hydrogens is 306 g/mol. The van der Waals surface area contributed by atoms with Crippen LogP contribution in [0.4, 0.5) is 5.69 Å². The van der Waals surface area contributed by atoms with Gasteiger partial charge in [0.25, 0.3) is 0 Å². The predicted molar refractivity (Wildman–Crippen MR) is 95.1 cm³/mol. The molecular formula is C19H18ClN3. The maximum absolute atomic E-state index is 6.04. The summed E-state index contributed by atoms with van der Waals surface area (Å²) in [4.78, 5) is 0. The van der Waals surface area contributed by atoms with E-state index in [4.69, 9.17) is 16.7 Å². The quantitative estimate of drug-likeness (QED) is 0.675. The molecule has 0 unspecified atom stereocenters. The zero-order valence-electron chi connectivity index (χ0n) is 13.4. The summed E-state index contributed by atoms with van der Waals surface area (Å²) >= 11 is 6.04. The summed E-state index contributed by atoms with van der Waals surface area (Å²) in [5, 5.41) is 9.11. The molecule has 2 aromatic carbocycles. The topological polar surface area (TPSA) is 29.9 Å². The Morgan fingerprint density at radius 2 is 1.78 bits per heavy atom. The predicted octanol–water partition coefficient (Wildman–Crippen LogP) is 5.10. The van der Waals surface area contributed by atoms with E-state index in [9.17, 15) is 0 Å². The summed E-state index contributed by atoms with van der Waals surface area (Å²) in [6.45, 7) is 6.31. The Labute approximate surface area is 140 Å². The Bertz CT molecular complexity index is 894. The van der Waals surface area contributed by atoms with Crippen LogP contribution in [0.5, 0.6) is 0 Å². The van der Waals surface area contributed by atoms with Crippen LogP contribution in [0.3, 0.4) is 0 Å². The minimum atomic E-state index is -0.0233. The standard InChI is InChI=1S/C19H18ClN3/c1-11-8-12(2)18-16(9-11)17-10-13(3)22-23(17)19(21-18)14-4-6-15(20)7-5-14/h4-10,19,21H,1-3H3/t19-/m1/s1. The molecule has 3 nitrogen and oxygen atoms in total. The molecule has 4 heteroatoms. The molecule has 0 bridgehead atoms. The number of nitrogens with zero attached hydrogens (tertiary/aromatic N) is 2. The number of nitrogens with one attached hydrogen (secondary N) is 1. The van der Waals surface area contributed by atoms with E-state index in [1.807, 2.05) is 19.1 Å². The van der Waals surface area contributed by atoms with Gasteiger partial charge in [0.2, 0.25) is 0 Å². The lowest BCUT2D eigenvalue weighted by Crippen LogP contribution is -2.26. The Morgan fingerprint density at radius 3 is 2.52 bits per heavy atom. The molecule has 2 heterocycles. The highest BCUT2D eigenvalue weighted by Crippen LogP contribution is 2.41. The van der Waals surface area contributed by atoms with Crippen molar-refractivity contribution < 1.29 is 0 Å². The average Bonchev–Trinajstić information content (AvgIpc) is 2.89. The lowest BCUT2D eigenvalue weighted by Gasteiger charge is -2.30. The minimum absolute atomic E-state index is 0.0233. The summed E-state index contributed by atoms with van der Waals surface area (Å²) in [5.74, 6) is 0. The van der Waals surface area contributed by atoms with Gasteiger partial charge in [0.15, 0.2) is 0 Å². The number of hydrogen-bond acceptors (Lipinski definition) is 2. The van der Waals surface area contributed by atoms with Crippen molar-refractivity contribution in [2.75, 3.05) is 5.32 Å². The monoisotopic (exact) mass is 323 g/mol. The molecule has 1 N–H and O–H groups in total. The van der Waals surface area contributed by atoms with Crippen molar-refractivity contribution in [1.29, 1.82) is 0 Å². The van der Waals surface area contributed by atoms with Gasteiger partial charge >= 0.3 is 0 Å². The summed E-state index contributed by atoms with van der Waals surface area (Å²) in [6.07, 6.45) is -0.0233. The van der Waals surface area contributed by atoms with E-state index in [1.54, 1.807) is 0 Å². The van der Waals surface area contributed by atoms with Gasteiger partial charge < -0.3 is 5.32 Å². The maximum atomic E-state index is 6.04. The van der Waals surface area contributed by atoms with E-state index in [-0.39, 0.29) is 6.17 Å². The molecule has 4 rings (SSSR count). The molecule has 0 saturated carbocycles. The fourth-order valence-electron chi connectivity index (χ4n) is 3.34. The largest absolute Gasteiger partial charge is 0.359 e. The van der Waals surface area contributed by atoms with Crippen molar-refractivity contribution in [3.63, 3.8) is 0 Å². The molecule has 116 valence electrons. The van der Waals surface area contributed by atoms with Crippen LogP contribution < -0.4 is 5.32 Å². The number of halogens is 1. The molecule has 1 aliphatic heterocycles. The minimum Gasteiger partial charge on any atom is -0.359 e. The van der Waals surface area contributed by atoms with Crippen LogP contribution in [0.15, 0.2) is 42.5 Å². The first-order chi connectivity index (χ1) is 11.0. The van der Waals surface area contributed by atoms with E-state index < -0.39 is 0 Å². The van der Waals surface area contributed by atoms with Gasteiger partial charge in [-0.15, -0.1) is 0 Å². The molecule has 1 aliphatic rings. The van der Waals surface area contributed by atoms with Crippen LogP contribution in [0.2, 0.25) is 5.02 Å². The van der Waals surface area contributed by atoms with Gasteiger partial charge in [-0.3, -0.25) is 0 Å². The fourth-order valence-corrected chi connectivity index (χ4v) is 3.47. The number of anilines is 1. The lowest BCUT2D eigenvalue weighted by molar-refractivity contribution is 0.570. The number of hydrogen-bond donors (Lipinski definition) is 1. The van der Waals surface area contributed by atoms with E-state index in [2.05, 4.69) is 54.2 Å². The second-order valence-corrected chi connectivity index (χ2v) is 6.65. The highest BCUT2D eigenvalue weighted by Gasteiger charge is 2.27. The van der Waals surface area contributed by atoms with Crippen molar-refractivity contribution in [3.05, 3.63) is 69.9 Å². The zero-order chi connectivity index (χ0) is 16.1. The molecule has 0 aliphatic carbocycles. The van der Waals surface area contributed by atoms with Crippen LogP contribution in [-0.4, -0.2) is 9.78 Å². The molecule has 0 saturated heterocycles. The molecule has 0 amide bonds. The smallest absolute Gasteiger partial charge is 0.147 e. The van der Waals surface area contributed by atoms with E-state index in [0.717, 1.165) is 22.0 Å². The summed E-state index contributed by atoms with van der Waals surface area (Å²) < 4.78 is 2.07. The first-order valence-electron chi connectivity index (χ1n) is 7.73. The number of aromatic nitrogens is 2. The van der Waals surface area contributed by atoms with Crippen LogP contribution in [0.1, 0.15) is 28.6 Å². The first kappa shape index (κ1) is 14.3. The highest BCUT2D eigenvalue weighted by atomic mass is 35.5. The van der Waals surface area contributed by atoms with Crippen LogP contribution in [0, 0.1) is 20.8 Å². The summed E-state index contributed by atoms with van der Waals surface area (Å²) in [6, 6.07) is 14.5. The molecule has 23 heavy (non-hydrogen) atoms. The van der Waals surface area contributed by atoms with Crippen LogP contribution in [-0.2, 0) is 0 Å². The van der Waals surface area contributed by atoms with E-state index in [0.29, 0.717) is 0 Å². The normalized spacial score (nSPS) is 15.7. The van der Waals surface area contributed by atoms with Gasteiger partial charge in [0, 0.05) is 16.3 Å². The van der Waals surface area contributed by atoms with E-state index in [1.165, 1.54) is 22.4 Å². The lowest BCUT2D eigenvalue weighted by atomic mass is 9.98. The maximum Gasteiger partial charge on any atom is 0.147 e. The van der Waals surface area contributed by atoms with Crippen molar-refractivity contribution >= 4 is 17.3 Å². The van der Waals surface area contributed by atoms with Gasteiger partial charge in [-0.25, -0.2) is 4.68 Å². The number of fused-ring (bicyclic) bond motifs is 3. The Hall–Kier alpha value is -2.26. The van der Waals surface area contributed by atoms with Gasteiger partial charge in [-0.1, -0.05) is 35.4 Å². The third-order valence-electron chi connectivity index (χ3n) is 4.33. The molecule has 0 fully saturated rings. The van der Waals surface area contributed by atoms with Crippen molar-refractivity contribution in [2.24, 2.45) is 0 Å². The molecule has 1 atom stereocenters. The van der Waals surface area contributed by atoms with Gasteiger partial charge in [0.1, 0.15) is 6.17 Å². The van der Waals surface area contributed by atoms with Gasteiger partial charge in [0.05, 0.1) is 11.4 Å². The number of aryl methyl sites for hydroxylation is 3. The van der Waals surface area contributed by atoms with Crippen LogP contribution >= 0.6 is 11.6 Å². The third kappa shape index (κ3) is 2.32. The average molecular weight is 324 g/mol. The Morgan fingerprint density at radius 1 is 1.04 bits per heavy atom. The zero-order valence-corrected chi connectivity index (χ0v) is 14.1. The second kappa shape index (κ2) is 5.14. The van der Waals surface area contributed by atoms with Crippen LogP contribution in [0.25, 0.3) is 11.3 Å². The molecule has 0 radical (unpaired) electrons. The van der Waals surface area contributed by atoms with Gasteiger partial charge in [-0.05, 0) is 56.2 Å². The SMILES string of the molecule is Cc1cc(C)c2c(c1)-c1cc(C)nn1[C@H](c1ccc(Cl)cc1)N2. The number of benzene rings is 2. The van der Waals surface area contributed by atoms with Crippen molar-refractivity contribution in [2.45, 2.75) is 26.9 Å². The van der Waals surface area contributed by atoms with E-state index >= 15 is 0 Å². The molecule has 3 aromatic rings. The highest BCUT2D eigenvalue weighted by molar-refractivity contribution is 6.30. The summed E-state index contributed by atoms with van der Waals surface area (Å²) in [7, 11) is 0.